The molecule has 2 atom stereocenters. The fourth-order valence-electron chi connectivity index (χ4n) is 3.26. The zero-order chi connectivity index (χ0) is 18.1. The summed E-state index contributed by atoms with van der Waals surface area (Å²) in [6.07, 6.45) is -0.293. The molecule has 2 aromatic rings. The van der Waals surface area contributed by atoms with E-state index in [-0.39, 0.29) is 11.4 Å². The van der Waals surface area contributed by atoms with E-state index in [1.54, 1.807) is 48.5 Å². The number of nitrogens with zero attached hydrogens (tertiary/aromatic N) is 1. The summed E-state index contributed by atoms with van der Waals surface area (Å²) in [4.78, 5) is 0.205. The third kappa shape index (κ3) is 3.62. The van der Waals surface area contributed by atoms with Crippen LogP contribution >= 0.6 is 0 Å². The van der Waals surface area contributed by atoms with Crippen LogP contribution in [0.4, 0.5) is 0 Å². The molecule has 1 saturated heterocycles. The van der Waals surface area contributed by atoms with E-state index in [1.807, 2.05) is 13.0 Å². The Labute approximate surface area is 148 Å². The van der Waals surface area contributed by atoms with Crippen molar-refractivity contribution in [2.24, 2.45) is 0 Å². The summed E-state index contributed by atoms with van der Waals surface area (Å²) in [5, 5.41) is 21.6. The van der Waals surface area contributed by atoms with Gasteiger partial charge in [-0.3, -0.25) is 0 Å². The summed E-state index contributed by atoms with van der Waals surface area (Å²) in [5.41, 5.74) is 0.0605. The van der Waals surface area contributed by atoms with Gasteiger partial charge in [-0.05, 0) is 37.5 Å². The molecule has 0 aliphatic carbocycles. The molecule has 0 spiro atoms. The number of rotatable bonds is 4. The molecule has 2 N–H and O–H groups in total. The van der Waals surface area contributed by atoms with E-state index in [4.69, 9.17) is 0 Å². The molecular weight excluding hydrogens is 338 g/mol. The van der Waals surface area contributed by atoms with Gasteiger partial charge in [-0.1, -0.05) is 48.0 Å². The molecule has 0 bridgehead atoms. The van der Waals surface area contributed by atoms with E-state index < -0.39 is 21.7 Å². The number of piperidine rings is 1. The van der Waals surface area contributed by atoms with Crippen molar-refractivity contribution in [3.63, 3.8) is 0 Å². The lowest BCUT2D eigenvalue weighted by molar-refractivity contribution is -0.104. The van der Waals surface area contributed by atoms with E-state index in [1.165, 1.54) is 4.31 Å². The Hall–Kier alpha value is -1.73. The van der Waals surface area contributed by atoms with Crippen LogP contribution in [0.1, 0.15) is 30.1 Å². The maximum atomic E-state index is 12.9. The molecule has 3 rings (SSSR count). The predicted octanol–water partition coefficient (Wildman–Crippen LogP) is 2.24. The quantitative estimate of drug-likeness (QED) is 0.876. The number of hydrogen-bond acceptors (Lipinski definition) is 4. The monoisotopic (exact) mass is 361 g/mol. The minimum absolute atomic E-state index is 0.126. The molecule has 0 unspecified atom stereocenters. The Morgan fingerprint density at radius 1 is 1.08 bits per heavy atom. The maximum Gasteiger partial charge on any atom is 0.243 e. The number of sulfonamides is 1. The van der Waals surface area contributed by atoms with Crippen LogP contribution < -0.4 is 0 Å². The van der Waals surface area contributed by atoms with Gasteiger partial charge in [0.25, 0.3) is 0 Å². The van der Waals surface area contributed by atoms with E-state index >= 15 is 0 Å². The first-order chi connectivity index (χ1) is 11.8. The minimum atomic E-state index is -3.70. The van der Waals surface area contributed by atoms with Gasteiger partial charge in [-0.15, -0.1) is 0 Å². The highest BCUT2D eigenvalue weighted by atomic mass is 32.2. The van der Waals surface area contributed by atoms with Crippen LogP contribution in [0.15, 0.2) is 59.5 Å². The van der Waals surface area contributed by atoms with Crippen LogP contribution in [0.5, 0.6) is 0 Å². The standard InChI is InChI=1S/C19H23NO4S/c1-15-8-10-17(11-9-15)25(23,24)20-13-5-12-19(22,14-20)18(21)16-6-3-2-4-7-16/h2-4,6-11,18,21-22H,5,12-14H2,1H3/t18-,19-/m0/s1. The molecule has 2 aromatic carbocycles. The fraction of sp³-hybridized carbons (Fsp3) is 0.368. The summed E-state index contributed by atoms with van der Waals surface area (Å²) >= 11 is 0. The Bertz CT molecular complexity index is 820. The van der Waals surface area contributed by atoms with Crippen molar-refractivity contribution in [3.8, 4) is 0 Å². The first-order valence-corrected chi connectivity index (χ1v) is 9.79. The second kappa shape index (κ2) is 6.88. The van der Waals surface area contributed by atoms with E-state index in [2.05, 4.69) is 0 Å². The molecule has 0 amide bonds. The van der Waals surface area contributed by atoms with Gasteiger partial charge in [0.1, 0.15) is 11.7 Å². The van der Waals surface area contributed by atoms with Crippen molar-refractivity contribution in [1.82, 2.24) is 4.31 Å². The fourth-order valence-corrected chi connectivity index (χ4v) is 4.80. The predicted molar refractivity (Wildman–Crippen MR) is 95.5 cm³/mol. The Morgan fingerprint density at radius 2 is 1.72 bits per heavy atom. The van der Waals surface area contributed by atoms with Crippen LogP contribution in [0.25, 0.3) is 0 Å². The van der Waals surface area contributed by atoms with Crippen molar-refractivity contribution >= 4 is 10.0 Å². The van der Waals surface area contributed by atoms with Gasteiger partial charge in [0.05, 0.1) is 4.90 Å². The Balaban J connectivity index is 1.86. The third-order valence-corrected chi connectivity index (χ3v) is 6.61. The summed E-state index contributed by atoms with van der Waals surface area (Å²) < 4.78 is 27.0. The van der Waals surface area contributed by atoms with Gasteiger partial charge < -0.3 is 10.2 Å². The van der Waals surface area contributed by atoms with Gasteiger partial charge >= 0.3 is 0 Å². The van der Waals surface area contributed by atoms with Crippen LogP contribution in [-0.2, 0) is 10.0 Å². The SMILES string of the molecule is Cc1ccc(S(=O)(=O)N2CCC[C@@](O)([C@@H](O)c3ccccc3)C2)cc1. The molecule has 6 heteroatoms. The zero-order valence-corrected chi connectivity index (χ0v) is 15.0. The van der Waals surface area contributed by atoms with Gasteiger partial charge in [0.15, 0.2) is 0 Å². The van der Waals surface area contributed by atoms with Crippen LogP contribution in [-0.4, -0.2) is 41.6 Å². The van der Waals surface area contributed by atoms with Gasteiger partial charge in [-0.25, -0.2) is 8.42 Å². The zero-order valence-electron chi connectivity index (χ0n) is 14.2. The summed E-state index contributed by atoms with van der Waals surface area (Å²) in [6.45, 7) is 2.10. The molecule has 1 fully saturated rings. The van der Waals surface area contributed by atoms with Crippen LogP contribution in [0, 0.1) is 6.92 Å². The topological polar surface area (TPSA) is 77.8 Å². The van der Waals surface area contributed by atoms with E-state index in [0.717, 1.165) is 5.56 Å². The smallest absolute Gasteiger partial charge is 0.243 e. The van der Waals surface area contributed by atoms with Gasteiger partial charge in [0.2, 0.25) is 10.0 Å². The lowest BCUT2D eigenvalue weighted by atomic mass is 9.85. The second-order valence-corrected chi connectivity index (χ2v) is 8.61. The van der Waals surface area contributed by atoms with Crippen molar-refractivity contribution in [1.29, 1.82) is 0 Å². The Morgan fingerprint density at radius 3 is 2.36 bits per heavy atom. The molecule has 1 aliphatic heterocycles. The number of β-amino-alcohol motifs (C(OH)–C–C–N with tert-alkyl or cyclic N) is 1. The lowest BCUT2D eigenvalue weighted by Crippen LogP contribution is -2.53. The molecule has 0 aromatic heterocycles. The third-order valence-electron chi connectivity index (χ3n) is 4.75. The van der Waals surface area contributed by atoms with E-state index in [0.29, 0.717) is 24.9 Å². The molecule has 25 heavy (non-hydrogen) atoms. The summed E-state index contributed by atoms with van der Waals surface area (Å²) in [7, 11) is -3.70. The molecule has 0 radical (unpaired) electrons. The average molecular weight is 361 g/mol. The van der Waals surface area contributed by atoms with Crippen molar-refractivity contribution in [2.45, 2.75) is 36.4 Å². The second-order valence-electron chi connectivity index (χ2n) is 6.67. The number of aliphatic hydroxyl groups excluding tert-OH is 1. The molecular formula is C19H23NO4S. The molecule has 1 aliphatic rings. The summed E-state index contributed by atoms with van der Waals surface area (Å²) in [5.74, 6) is 0. The van der Waals surface area contributed by atoms with Crippen molar-refractivity contribution in [2.75, 3.05) is 13.1 Å². The number of aliphatic hydroxyl groups is 2. The minimum Gasteiger partial charge on any atom is -0.385 e. The van der Waals surface area contributed by atoms with Crippen LogP contribution in [0.3, 0.4) is 0 Å². The first kappa shape index (κ1) is 18.1. The van der Waals surface area contributed by atoms with Crippen molar-refractivity contribution < 1.29 is 18.6 Å². The molecule has 134 valence electrons. The lowest BCUT2D eigenvalue weighted by Gasteiger charge is -2.41. The first-order valence-electron chi connectivity index (χ1n) is 8.35. The highest BCUT2D eigenvalue weighted by Gasteiger charge is 2.44. The highest BCUT2D eigenvalue weighted by molar-refractivity contribution is 7.89. The highest BCUT2D eigenvalue weighted by Crippen LogP contribution is 2.35. The van der Waals surface area contributed by atoms with Gasteiger partial charge in [0, 0.05) is 13.1 Å². The number of aryl methyl sites for hydroxylation is 1. The van der Waals surface area contributed by atoms with Crippen molar-refractivity contribution in [3.05, 3.63) is 65.7 Å². The average Bonchev–Trinajstić information content (AvgIpc) is 2.62. The number of benzene rings is 2. The summed E-state index contributed by atoms with van der Waals surface area (Å²) in [6, 6.07) is 15.5. The van der Waals surface area contributed by atoms with Gasteiger partial charge in [-0.2, -0.15) is 4.31 Å². The molecule has 0 saturated carbocycles. The van der Waals surface area contributed by atoms with E-state index in [9.17, 15) is 18.6 Å². The normalized spacial score (nSPS) is 23.3. The number of hydrogen-bond donors (Lipinski definition) is 2. The maximum absolute atomic E-state index is 12.9. The Kier molecular flexibility index (Phi) is 4.97. The largest absolute Gasteiger partial charge is 0.385 e. The molecule has 1 heterocycles. The van der Waals surface area contributed by atoms with Crippen LogP contribution in [0.2, 0.25) is 0 Å². The molecule has 5 nitrogen and oxygen atoms in total.